The summed E-state index contributed by atoms with van der Waals surface area (Å²) in [5.74, 6) is 0. The fraction of sp³-hybridized carbons (Fsp3) is 1.00. The molecule has 0 saturated carbocycles. The lowest BCUT2D eigenvalue weighted by Gasteiger charge is -2.29. The minimum absolute atomic E-state index is 0.138. The molecule has 3 nitrogen and oxygen atoms in total. The van der Waals surface area contributed by atoms with E-state index >= 15 is 0 Å². The Balaban J connectivity index is 3.83. The van der Waals surface area contributed by atoms with Gasteiger partial charge < -0.3 is 9.84 Å². The molecule has 0 aliphatic rings. The summed E-state index contributed by atoms with van der Waals surface area (Å²) >= 11 is 2.12. The first-order valence-corrected chi connectivity index (χ1v) is 5.00. The van der Waals surface area contributed by atoms with Gasteiger partial charge in [-0.15, -0.1) is 0 Å². The maximum absolute atomic E-state index is 9.38. The van der Waals surface area contributed by atoms with Gasteiger partial charge in [-0.2, -0.15) is 0 Å². The molecule has 0 heterocycles. The number of hydrogen-bond donors (Lipinski definition) is 2. The van der Waals surface area contributed by atoms with Crippen LogP contribution in [0.15, 0.2) is 0 Å². The normalized spacial score (nSPS) is 16.2. The second-order valence-electron chi connectivity index (χ2n) is 4.23. The van der Waals surface area contributed by atoms with Crippen molar-refractivity contribution < 1.29 is 9.84 Å². The van der Waals surface area contributed by atoms with Gasteiger partial charge in [0.2, 0.25) is 6.41 Å². The number of aliphatic hydroxyl groups is 1. The van der Waals surface area contributed by atoms with Crippen molar-refractivity contribution >= 4 is 22.6 Å². The van der Waals surface area contributed by atoms with Crippen molar-refractivity contribution in [2.24, 2.45) is 0 Å². The lowest BCUT2D eigenvalue weighted by molar-refractivity contribution is -0.159. The molecule has 0 aromatic carbocycles. The van der Waals surface area contributed by atoms with Crippen LogP contribution >= 0.6 is 22.6 Å². The Labute approximate surface area is 88.0 Å². The van der Waals surface area contributed by atoms with Crippen molar-refractivity contribution in [3.8, 4) is 0 Å². The van der Waals surface area contributed by atoms with Gasteiger partial charge in [-0.3, -0.25) is 5.32 Å². The summed E-state index contributed by atoms with van der Waals surface area (Å²) in [6.45, 7) is 9.70. The van der Waals surface area contributed by atoms with Crippen LogP contribution in [-0.2, 0) is 4.74 Å². The number of ether oxygens (including phenoxy) is 1. The molecule has 0 bridgehead atoms. The van der Waals surface area contributed by atoms with Gasteiger partial charge in [-0.25, -0.2) is 0 Å². The molecule has 12 heavy (non-hydrogen) atoms. The van der Waals surface area contributed by atoms with Crippen LogP contribution in [0.4, 0.5) is 0 Å². The Morgan fingerprint density at radius 3 is 1.92 bits per heavy atom. The van der Waals surface area contributed by atoms with Gasteiger partial charge in [-0.05, 0) is 57.2 Å². The Morgan fingerprint density at radius 1 is 1.25 bits per heavy atom. The Kier molecular flexibility index (Phi) is 4.43. The first-order valence-electron chi connectivity index (χ1n) is 3.93. The summed E-state index contributed by atoms with van der Waals surface area (Å²) in [7, 11) is 0. The zero-order chi connectivity index (χ0) is 9.99. The van der Waals surface area contributed by atoms with Gasteiger partial charge in [0.15, 0.2) is 0 Å². The molecule has 0 fully saturated rings. The van der Waals surface area contributed by atoms with E-state index in [4.69, 9.17) is 4.74 Å². The van der Waals surface area contributed by atoms with Gasteiger partial charge >= 0.3 is 0 Å². The van der Waals surface area contributed by atoms with E-state index in [0.29, 0.717) is 0 Å². The number of hydrogen-bond acceptors (Lipinski definition) is 3. The smallest absolute Gasteiger partial charge is 0.215 e. The second-order valence-corrected chi connectivity index (χ2v) is 6.83. The first-order chi connectivity index (χ1) is 5.10. The lowest BCUT2D eigenvalue weighted by Crippen LogP contribution is -2.47. The average Bonchev–Trinajstić information content (AvgIpc) is 1.49. The quantitative estimate of drug-likeness (QED) is 0.473. The van der Waals surface area contributed by atoms with E-state index in [2.05, 4.69) is 27.9 Å². The van der Waals surface area contributed by atoms with Crippen LogP contribution in [0.25, 0.3) is 0 Å². The molecule has 0 radical (unpaired) electrons. The van der Waals surface area contributed by atoms with Crippen LogP contribution in [0, 0.1) is 0 Å². The van der Waals surface area contributed by atoms with Crippen molar-refractivity contribution in [2.45, 2.75) is 50.2 Å². The molecule has 1 atom stereocenters. The molecule has 0 aliphatic heterocycles. The number of halogens is 1. The van der Waals surface area contributed by atoms with Crippen molar-refractivity contribution in [1.29, 1.82) is 0 Å². The predicted molar refractivity (Wildman–Crippen MR) is 58.1 cm³/mol. The second kappa shape index (κ2) is 4.21. The Morgan fingerprint density at radius 2 is 1.67 bits per heavy atom. The highest BCUT2D eigenvalue weighted by molar-refractivity contribution is 14.1. The van der Waals surface area contributed by atoms with E-state index in [9.17, 15) is 5.11 Å². The monoisotopic (exact) mass is 287 g/mol. The summed E-state index contributed by atoms with van der Waals surface area (Å²) in [6.07, 6.45) is -0.906. The molecule has 0 spiro atoms. The molecular weight excluding hydrogens is 269 g/mol. The van der Waals surface area contributed by atoms with E-state index in [0.717, 1.165) is 0 Å². The molecule has 1 unspecified atom stereocenters. The van der Waals surface area contributed by atoms with E-state index in [1.165, 1.54) is 0 Å². The third-order valence-corrected chi connectivity index (χ3v) is 1.20. The zero-order valence-corrected chi connectivity index (χ0v) is 10.5. The highest BCUT2D eigenvalue weighted by atomic mass is 127. The third kappa shape index (κ3) is 8.70. The van der Waals surface area contributed by atoms with E-state index in [1.54, 1.807) is 0 Å². The Hall–Kier alpha value is 0.610. The largest absolute Gasteiger partial charge is 0.356 e. The molecule has 0 aromatic heterocycles. The highest BCUT2D eigenvalue weighted by Crippen LogP contribution is 2.19. The standard InChI is InChI=1S/C8H18INO2/c1-7(2,3)10-6(11)12-8(4,5)9/h6,10-11H,1-5H3. The summed E-state index contributed by atoms with van der Waals surface area (Å²) in [5.41, 5.74) is -0.138. The van der Waals surface area contributed by atoms with Gasteiger partial charge in [0.05, 0.1) is 0 Å². The molecule has 2 N–H and O–H groups in total. The molecule has 74 valence electrons. The Bertz CT molecular complexity index is 121. The lowest BCUT2D eigenvalue weighted by atomic mass is 10.1. The summed E-state index contributed by atoms with van der Waals surface area (Å²) < 4.78 is 4.89. The minimum atomic E-state index is -0.906. The maximum Gasteiger partial charge on any atom is 0.215 e. The zero-order valence-electron chi connectivity index (χ0n) is 8.31. The van der Waals surface area contributed by atoms with Gasteiger partial charge in [0.1, 0.15) is 3.61 Å². The van der Waals surface area contributed by atoms with Crippen LogP contribution in [0.3, 0.4) is 0 Å². The van der Waals surface area contributed by atoms with Gasteiger partial charge in [0.25, 0.3) is 0 Å². The molecule has 0 rings (SSSR count). The first kappa shape index (κ1) is 12.6. The van der Waals surface area contributed by atoms with E-state index in [1.807, 2.05) is 34.6 Å². The van der Waals surface area contributed by atoms with Crippen molar-refractivity contribution in [3.63, 3.8) is 0 Å². The molecule has 0 aromatic rings. The van der Waals surface area contributed by atoms with Crippen LogP contribution in [0.2, 0.25) is 0 Å². The minimum Gasteiger partial charge on any atom is -0.356 e. The van der Waals surface area contributed by atoms with Crippen LogP contribution in [0.5, 0.6) is 0 Å². The molecule has 4 heteroatoms. The van der Waals surface area contributed by atoms with Gasteiger partial charge in [-0.1, -0.05) is 0 Å². The van der Waals surface area contributed by atoms with Crippen molar-refractivity contribution in [3.05, 3.63) is 0 Å². The molecule has 0 aliphatic carbocycles. The fourth-order valence-electron chi connectivity index (χ4n) is 0.665. The predicted octanol–water partition coefficient (Wildman–Crippen LogP) is 1.84. The van der Waals surface area contributed by atoms with Crippen LogP contribution < -0.4 is 5.32 Å². The SMILES string of the molecule is CC(C)(C)NC(O)OC(C)(C)I. The van der Waals surface area contributed by atoms with E-state index < -0.39 is 6.41 Å². The van der Waals surface area contributed by atoms with Crippen molar-refractivity contribution in [2.75, 3.05) is 0 Å². The highest BCUT2D eigenvalue weighted by Gasteiger charge is 2.21. The van der Waals surface area contributed by atoms with Crippen LogP contribution in [0.1, 0.15) is 34.6 Å². The van der Waals surface area contributed by atoms with Crippen molar-refractivity contribution in [1.82, 2.24) is 5.32 Å². The number of nitrogens with one attached hydrogen (secondary N) is 1. The number of alkyl halides is 1. The molecular formula is C8H18INO2. The fourth-order valence-corrected chi connectivity index (χ4v) is 0.906. The van der Waals surface area contributed by atoms with Gasteiger partial charge in [0, 0.05) is 5.54 Å². The summed E-state index contributed by atoms with van der Waals surface area (Å²) in [6, 6.07) is 0. The third-order valence-electron chi connectivity index (χ3n) is 0.948. The number of rotatable bonds is 3. The van der Waals surface area contributed by atoms with Crippen LogP contribution in [-0.4, -0.2) is 20.7 Å². The topological polar surface area (TPSA) is 41.5 Å². The summed E-state index contributed by atoms with van der Waals surface area (Å²) in [4.78, 5) is 0. The van der Waals surface area contributed by atoms with E-state index in [-0.39, 0.29) is 9.15 Å². The average molecular weight is 287 g/mol. The summed E-state index contributed by atoms with van der Waals surface area (Å²) in [5, 5.41) is 12.3. The maximum atomic E-state index is 9.38. The molecule has 0 amide bonds. The molecule has 0 saturated heterocycles. The number of aliphatic hydroxyl groups excluding tert-OH is 1.